The molecule has 0 saturated carbocycles. The van der Waals surface area contributed by atoms with Crippen LogP contribution in [0.1, 0.15) is 10.4 Å². The number of hydrogen-bond acceptors (Lipinski definition) is 2. The predicted molar refractivity (Wildman–Crippen MR) is 88.2 cm³/mol. The number of rotatable bonds is 3. The van der Waals surface area contributed by atoms with Gasteiger partial charge >= 0.3 is 12.1 Å². The smallest absolute Gasteiger partial charge is 0.322 e. The van der Waals surface area contributed by atoms with Crippen LogP contribution in [0.5, 0.6) is 0 Å². The molecular weight excluding hydrogens is 424 g/mol. The largest absolute Gasteiger partial charge is 0.471 e. The standard InChI is InChI=1S/C15H10F3IN2O2/c16-15(17,18)14(23)21-12-7-6-9(19)8-11(12)13(22)20-10-4-2-1-3-5-10/h1-8H,(H,20,22)(H,21,23). The summed E-state index contributed by atoms with van der Waals surface area (Å²) in [5.74, 6) is -2.75. The van der Waals surface area contributed by atoms with Crippen molar-refractivity contribution in [1.82, 2.24) is 0 Å². The summed E-state index contributed by atoms with van der Waals surface area (Å²) in [5, 5.41) is 4.28. The fourth-order valence-corrected chi connectivity index (χ4v) is 2.22. The van der Waals surface area contributed by atoms with Gasteiger partial charge in [0, 0.05) is 9.26 Å². The normalized spacial score (nSPS) is 11.0. The molecule has 4 nitrogen and oxygen atoms in total. The maximum Gasteiger partial charge on any atom is 0.471 e. The first-order chi connectivity index (χ1) is 10.8. The SMILES string of the molecule is O=C(Nc1ccccc1)c1cc(I)ccc1NC(=O)C(F)(F)F. The molecule has 0 bridgehead atoms. The van der Waals surface area contributed by atoms with Crippen molar-refractivity contribution in [3.63, 3.8) is 0 Å². The quantitative estimate of drug-likeness (QED) is 0.717. The van der Waals surface area contributed by atoms with Crippen molar-refractivity contribution in [2.45, 2.75) is 6.18 Å². The Kier molecular flexibility index (Phi) is 5.24. The molecule has 2 N–H and O–H groups in total. The van der Waals surface area contributed by atoms with Crippen molar-refractivity contribution in [3.05, 3.63) is 57.7 Å². The second-order valence-electron chi connectivity index (χ2n) is 4.46. The van der Waals surface area contributed by atoms with Gasteiger partial charge in [-0.2, -0.15) is 13.2 Å². The molecule has 0 aliphatic heterocycles. The van der Waals surface area contributed by atoms with Crippen molar-refractivity contribution in [1.29, 1.82) is 0 Å². The number of para-hydroxylation sites is 1. The highest BCUT2D eigenvalue weighted by atomic mass is 127. The third kappa shape index (κ3) is 4.68. The number of anilines is 2. The lowest BCUT2D eigenvalue weighted by Gasteiger charge is -2.13. The zero-order valence-corrected chi connectivity index (χ0v) is 13.6. The van der Waals surface area contributed by atoms with Gasteiger partial charge in [-0.15, -0.1) is 0 Å². The summed E-state index contributed by atoms with van der Waals surface area (Å²) in [7, 11) is 0. The van der Waals surface area contributed by atoms with Gasteiger partial charge in [0.2, 0.25) is 0 Å². The molecule has 23 heavy (non-hydrogen) atoms. The van der Waals surface area contributed by atoms with Crippen LogP contribution in [0.4, 0.5) is 24.5 Å². The van der Waals surface area contributed by atoms with E-state index in [0.717, 1.165) is 0 Å². The van der Waals surface area contributed by atoms with Gasteiger partial charge in [0.1, 0.15) is 0 Å². The van der Waals surface area contributed by atoms with Gasteiger partial charge in [0.25, 0.3) is 5.91 Å². The summed E-state index contributed by atoms with van der Waals surface area (Å²) < 4.78 is 37.8. The topological polar surface area (TPSA) is 58.2 Å². The number of carbonyl (C=O) groups excluding carboxylic acids is 2. The molecule has 0 unspecified atom stereocenters. The van der Waals surface area contributed by atoms with Crippen molar-refractivity contribution in [2.24, 2.45) is 0 Å². The highest BCUT2D eigenvalue weighted by Gasteiger charge is 2.39. The van der Waals surface area contributed by atoms with Crippen molar-refractivity contribution in [3.8, 4) is 0 Å². The molecule has 2 rings (SSSR count). The van der Waals surface area contributed by atoms with E-state index in [9.17, 15) is 22.8 Å². The number of benzene rings is 2. The van der Waals surface area contributed by atoms with E-state index in [1.807, 2.05) is 22.6 Å². The third-order valence-corrected chi connectivity index (χ3v) is 3.43. The van der Waals surface area contributed by atoms with Crippen LogP contribution in [0.3, 0.4) is 0 Å². The van der Waals surface area contributed by atoms with Crippen molar-refractivity contribution in [2.75, 3.05) is 10.6 Å². The number of halogens is 4. The number of nitrogens with one attached hydrogen (secondary N) is 2. The zero-order chi connectivity index (χ0) is 17.0. The first-order valence-electron chi connectivity index (χ1n) is 6.31. The first kappa shape index (κ1) is 17.3. The zero-order valence-electron chi connectivity index (χ0n) is 11.4. The van der Waals surface area contributed by atoms with E-state index in [2.05, 4.69) is 5.32 Å². The molecule has 0 radical (unpaired) electrons. The minimum atomic E-state index is -5.03. The molecule has 0 aliphatic rings. The second kappa shape index (κ2) is 6.99. The monoisotopic (exact) mass is 434 g/mol. The van der Waals surface area contributed by atoms with Gasteiger partial charge in [-0.25, -0.2) is 0 Å². The molecule has 0 heterocycles. The van der Waals surface area contributed by atoms with Crippen LogP contribution in [-0.4, -0.2) is 18.0 Å². The van der Waals surface area contributed by atoms with Crippen molar-refractivity contribution >= 4 is 45.8 Å². The Balaban J connectivity index is 2.28. The maximum absolute atomic E-state index is 12.4. The lowest BCUT2D eigenvalue weighted by molar-refractivity contribution is -0.167. The molecule has 120 valence electrons. The molecule has 2 aromatic carbocycles. The average Bonchev–Trinajstić information content (AvgIpc) is 2.49. The van der Waals surface area contributed by atoms with Crippen LogP contribution in [0.25, 0.3) is 0 Å². The van der Waals surface area contributed by atoms with Crippen LogP contribution in [0, 0.1) is 3.57 Å². The van der Waals surface area contributed by atoms with Crippen LogP contribution < -0.4 is 10.6 Å². The number of alkyl halides is 3. The van der Waals surface area contributed by atoms with E-state index in [-0.39, 0.29) is 11.3 Å². The van der Waals surface area contributed by atoms with E-state index >= 15 is 0 Å². The summed E-state index contributed by atoms with van der Waals surface area (Å²) in [4.78, 5) is 23.4. The Labute approximate surface area is 143 Å². The van der Waals surface area contributed by atoms with E-state index in [1.54, 1.807) is 35.6 Å². The summed E-state index contributed by atoms with van der Waals surface area (Å²) in [6, 6.07) is 12.6. The summed E-state index contributed by atoms with van der Waals surface area (Å²) in [5.41, 5.74) is 0.226. The van der Waals surface area contributed by atoms with Crippen molar-refractivity contribution < 1.29 is 22.8 Å². The van der Waals surface area contributed by atoms with E-state index in [1.165, 1.54) is 18.2 Å². The number of amides is 2. The molecule has 0 fully saturated rings. The van der Waals surface area contributed by atoms with Crippen LogP contribution >= 0.6 is 22.6 Å². The van der Waals surface area contributed by atoms with Gasteiger partial charge in [-0.1, -0.05) is 18.2 Å². The summed E-state index contributed by atoms with van der Waals surface area (Å²) in [6.07, 6.45) is -5.03. The maximum atomic E-state index is 12.4. The fraction of sp³-hybridized carbons (Fsp3) is 0.0667. The highest BCUT2D eigenvalue weighted by molar-refractivity contribution is 14.1. The van der Waals surface area contributed by atoms with Gasteiger partial charge in [-0.3, -0.25) is 9.59 Å². The van der Waals surface area contributed by atoms with Crippen LogP contribution in [0.2, 0.25) is 0 Å². The lowest BCUT2D eigenvalue weighted by atomic mass is 10.1. The van der Waals surface area contributed by atoms with Gasteiger partial charge in [0.15, 0.2) is 0 Å². The minimum absolute atomic E-state index is 0.0571. The number of carbonyl (C=O) groups is 2. The predicted octanol–water partition coefficient (Wildman–Crippen LogP) is 4.04. The number of hydrogen-bond donors (Lipinski definition) is 2. The second-order valence-corrected chi connectivity index (χ2v) is 5.71. The van der Waals surface area contributed by atoms with Crippen LogP contribution in [0.15, 0.2) is 48.5 Å². The Hall–Kier alpha value is -2.10. The van der Waals surface area contributed by atoms with Crippen LogP contribution in [-0.2, 0) is 4.79 Å². The molecule has 2 amide bonds. The Morgan fingerprint density at radius 2 is 1.61 bits per heavy atom. The van der Waals surface area contributed by atoms with Gasteiger partial charge in [0.05, 0.1) is 11.3 Å². The molecule has 0 saturated heterocycles. The average molecular weight is 434 g/mol. The first-order valence-corrected chi connectivity index (χ1v) is 7.39. The molecule has 2 aromatic rings. The summed E-state index contributed by atoms with van der Waals surface area (Å²) >= 11 is 1.92. The highest BCUT2D eigenvalue weighted by Crippen LogP contribution is 2.23. The molecule has 0 aliphatic carbocycles. The van der Waals surface area contributed by atoms with E-state index < -0.39 is 18.0 Å². The summed E-state index contributed by atoms with van der Waals surface area (Å²) in [6.45, 7) is 0. The molecule has 0 atom stereocenters. The minimum Gasteiger partial charge on any atom is -0.322 e. The molecule has 0 aromatic heterocycles. The Bertz CT molecular complexity index is 733. The van der Waals surface area contributed by atoms with E-state index in [0.29, 0.717) is 9.26 Å². The van der Waals surface area contributed by atoms with E-state index in [4.69, 9.17) is 0 Å². The Morgan fingerprint density at radius 3 is 2.22 bits per heavy atom. The third-order valence-electron chi connectivity index (χ3n) is 2.76. The molecule has 0 spiro atoms. The fourth-order valence-electron chi connectivity index (χ4n) is 1.73. The Morgan fingerprint density at radius 1 is 0.957 bits per heavy atom. The lowest BCUT2D eigenvalue weighted by Crippen LogP contribution is -2.31. The van der Waals surface area contributed by atoms with Gasteiger partial charge in [-0.05, 0) is 52.9 Å². The van der Waals surface area contributed by atoms with Gasteiger partial charge < -0.3 is 10.6 Å². The molecular formula is C15H10F3IN2O2. The molecule has 8 heteroatoms.